The molecule has 2 aromatic rings. The van der Waals surface area contributed by atoms with E-state index in [4.69, 9.17) is 20.8 Å². The van der Waals surface area contributed by atoms with Crippen LogP contribution in [0.1, 0.15) is 24.8 Å². The van der Waals surface area contributed by atoms with Crippen molar-refractivity contribution in [3.05, 3.63) is 34.9 Å². The molecule has 0 radical (unpaired) electrons. The van der Waals surface area contributed by atoms with Crippen molar-refractivity contribution in [1.29, 1.82) is 0 Å². The molecule has 180 valence electrons. The molecule has 2 fully saturated rings. The number of nitrogens with zero attached hydrogens (tertiary/aromatic N) is 3. The van der Waals surface area contributed by atoms with Crippen LogP contribution < -0.4 is 20.3 Å². The average molecular weight is 494 g/mol. The van der Waals surface area contributed by atoms with E-state index in [1.165, 1.54) is 17.0 Å². The minimum absolute atomic E-state index is 0.0120. The Morgan fingerprint density at radius 1 is 1.30 bits per heavy atom. The van der Waals surface area contributed by atoms with Gasteiger partial charge in [0.25, 0.3) is 5.91 Å². The van der Waals surface area contributed by atoms with Crippen LogP contribution in [-0.4, -0.2) is 60.9 Å². The van der Waals surface area contributed by atoms with Crippen molar-refractivity contribution in [3.63, 3.8) is 0 Å². The van der Waals surface area contributed by atoms with Gasteiger partial charge in [-0.15, -0.1) is 18.3 Å². The highest BCUT2D eigenvalue weighted by atomic mass is 35.5. The molecular weight excluding hydrogens is 474 g/mol. The van der Waals surface area contributed by atoms with Crippen LogP contribution in [0, 0.1) is 5.82 Å². The lowest BCUT2D eigenvalue weighted by molar-refractivity contribution is -0.344. The highest BCUT2D eigenvalue weighted by molar-refractivity contribution is 6.30. The van der Waals surface area contributed by atoms with Gasteiger partial charge in [0.1, 0.15) is 17.7 Å². The monoisotopic (exact) mass is 493 g/mol. The largest absolute Gasteiger partial charge is 0.522 e. The van der Waals surface area contributed by atoms with Gasteiger partial charge < -0.3 is 24.7 Å². The topological polar surface area (TPSA) is 102 Å². The summed E-state index contributed by atoms with van der Waals surface area (Å²) in [6.45, 7) is 0.188. The first kappa shape index (κ1) is 23.5. The fourth-order valence-electron chi connectivity index (χ4n) is 3.53. The van der Waals surface area contributed by atoms with Gasteiger partial charge in [-0.25, -0.2) is 4.39 Å². The summed E-state index contributed by atoms with van der Waals surface area (Å²) < 4.78 is 64.8. The number of piperidine rings is 1. The van der Waals surface area contributed by atoms with E-state index in [2.05, 4.69) is 25.6 Å². The maximum Gasteiger partial charge on any atom is 0.522 e. The number of benzene rings is 1. The Kier molecular flexibility index (Phi) is 6.91. The number of alkyl halides is 3. The van der Waals surface area contributed by atoms with Crippen LogP contribution in [-0.2, 0) is 9.53 Å². The lowest BCUT2D eigenvalue weighted by Crippen LogP contribution is -2.54. The molecule has 2 N–H and O–H groups in total. The normalized spacial score (nSPS) is 21.5. The summed E-state index contributed by atoms with van der Waals surface area (Å²) in [5.41, 5.74) is 0. The van der Waals surface area contributed by atoms with Crippen LogP contribution in [0.25, 0.3) is 0 Å². The zero-order valence-electron chi connectivity index (χ0n) is 17.1. The Balaban J connectivity index is 1.18. The first-order valence-corrected chi connectivity index (χ1v) is 10.5. The van der Waals surface area contributed by atoms with Crippen LogP contribution >= 0.6 is 11.6 Å². The van der Waals surface area contributed by atoms with Gasteiger partial charge in [-0.2, -0.15) is 0 Å². The molecule has 0 bridgehead atoms. The average Bonchev–Trinajstić information content (AvgIpc) is 3.21. The van der Waals surface area contributed by atoms with Crippen molar-refractivity contribution >= 4 is 23.5 Å². The van der Waals surface area contributed by atoms with Crippen molar-refractivity contribution in [2.24, 2.45) is 0 Å². The van der Waals surface area contributed by atoms with Gasteiger partial charge in [0.15, 0.2) is 6.61 Å². The standard InChI is InChI=1S/C19H20ClF4N5O4/c20-13-3-2-11(5-14(13)21)31-9-16(30)26-10-1-4-15(25-6-10)17-27-28-18(32-17)29-7-12(8-29)33-19(22,23)24/h2-3,5,10,12,15,25H,1,4,6-9H2,(H,26,30)/t10-,15+/m0/s1. The van der Waals surface area contributed by atoms with E-state index in [1.807, 2.05) is 0 Å². The molecule has 0 unspecified atom stereocenters. The first-order chi connectivity index (χ1) is 15.7. The number of carbonyl (C=O) groups excluding carboxylic acids is 1. The lowest BCUT2D eigenvalue weighted by atomic mass is 10.0. The molecule has 2 aliphatic heterocycles. The Labute approximate surface area is 190 Å². The Hall–Kier alpha value is -2.64. The van der Waals surface area contributed by atoms with E-state index in [1.54, 1.807) is 0 Å². The van der Waals surface area contributed by atoms with E-state index in [0.717, 1.165) is 6.07 Å². The Morgan fingerprint density at radius 3 is 2.76 bits per heavy atom. The second-order valence-corrected chi connectivity index (χ2v) is 8.09. The van der Waals surface area contributed by atoms with Crippen molar-refractivity contribution in [1.82, 2.24) is 20.8 Å². The van der Waals surface area contributed by atoms with E-state index >= 15 is 0 Å². The number of ether oxygens (including phenoxy) is 2. The Morgan fingerprint density at radius 2 is 2.09 bits per heavy atom. The number of carbonyl (C=O) groups is 1. The van der Waals surface area contributed by atoms with Crippen LogP contribution in [0.5, 0.6) is 5.75 Å². The summed E-state index contributed by atoms with van der Waals surface area (Å²) in [5, 5.41) is 13.9. The van der Waals surface area contributed by atoms with Gasteiger partial charge in [0.05, 0.1) is 24.2 Å². The predicted molar refractivity (Wildman–Crippen MR) is 106 cm³/mol. The summed E-state index contributed by atoms with van der Waals surface area (Å²) >= 11 is 5.61. The minimum atomic E-state index is -4.67. The van der Waals surface area contributed by atoms with Gasteiger partial charge in [0.2, 0.25) is 5.89 Å². The zero-order chi connectivity index (χ0) is 23.6. The van der Waals surface area contributed by atoms with E-state index in [0.29, 0.717) is 25.3 Å². The SMILES string of the molecule is O=C(COc1ccc(Cl)c(F)c1)N[C@H]1CC[C@H](c2nnc(N3CC(OC(F)(F)F)C3)o2)NC1. The molecule has 1 aromatic carbocycles. The van der Waals surface area contributed by atoms with Crippen LogP contribution in [0.4, 0.5) is 23.6 Å². The molecule has 3 heterocycles. The van der Waals surface area contributed by atoms with Crippen LogP contribution in [0.2, 0.25) is 5.02 Å². The summed E-state index contributed by atoms with van der Waals surface area (Å²) in [4.78, 5) is 13.6. The van der Waals surface area contributed by atoms with E-state index in [9.17, 15) is 22.4 Å². The van der Waals surface area contributed by atoms with Gasteiger partial charge in [-0.05, 0) is 25.0 Å². The van der Waals surface area contributed by atoms with Crippen LogP contribution in [0.15, 0.2) is 22.6 Å². The third kappa shape index (κ3) is 6.24. The first-order valence-electron chi connectivity index (χ1n) is 10.1. The van der Waals surface area contributed by atoms with Gasteiger partial charge in [-0.1, -0.05) is 16.7 Å². The second-order valence-electron chi connectivity index (χ2n) is 7.68. The summed E-state index contributed by atoms with van der Waals surface area (Å²) in [5.74, 6) is -0.475. The third-order valence-corrected chi connectivity index (χ3v) is 5.49. The second kappa shape index (κ2) is 9.69. The highest BCUT2D eigenvalue weighted by Crippen LogP contribution is 2.29. The van der Waals surface area contributed by atoms with Crippen molar-refractivity contribution in [2.45, 2.75) is 37.4 Å². The predicted octanol–water partition coefficient (Wildman–Crippen LogP) is 2.58. The molecule has 2 aliphatic rings. The Bertz CT molecular complexity index is 977. The molecule has 33 heavy (non-hydrogen) atoms. The molecule has 1 amide bonds. The summed E-state index contributed by atoms with van der Waals surface area (Å²) in [6.07, 6.45) is -4.41. The number of aromatic nitrogens is 2. The quantitative estimate of drug-likeness (QED) is 0.568. The summed E-state index contributed by atoms with van der Waals surface area (Å²) in [6, 6.07) is 3.65. The molecule has 9 nitrogen and oxygen atoms in total. The fourth-order valence-corrected chi connectivity index (χ4v) is 3.65. The van der Waals surface area contributed by atoms with Crippen molar-refractivity contribution in [2.75, 3.05) is 31.1 Å². The van der Waals surface area contributed by atoms with Gasteiger partial charge >= 0.3 is 12.4 Å². The fraction of sp³-hybridized carbons (Fsp3) is 0.526. The van der Waals surface area contributed by atoms with Crippen molar-refractivity contribution < 1.29 is 36.2 Å². The molecule has 14 heteroatoms. The van der Waals surface area contributed by atoms with E-state index in [-0.39, 0.29) is 54.5 Å². The lowest BCUT2D eigenvalue weighted by Gasteiger charge is -2.37. The number of nitrogens with one attached hydrogen (secondary N) is 2. The summed E-state index contributed by atoms with van der Waals surface area (Å²) in [7, 11) is 0. The number of anilines is 1. The number of amides is 1. The van der Waals surface area contributed by atoms with Crippen molar-refractivity contribution in [3.8, 4) is 5.75 Å². The smallest absolute Gasteiger partial charge is 0.484 e. The molecular formula is C19H20ClF4N5O4. The van der Waals surface area contributed by atoms with Gasteiger partial charge in [-0.3, -0.25) is 9.53 Å². The number of hydrogen-bond acceptors (Lipinski definition) is 8. The third-order valence-electron chi connectivity index (χ3n) is 5.19. The highest BCUT2D eigenvalue weighted by Gasteiger charge is 2.41. The zero-order valence-corrected chi connectivity index (χ0v) is 17.8. The molecule has 0 saturated carbocycles. The maximum absolute atomic E-state index is 13.4. The number of rotatable bonds is 7. The maximum atomic E-state index is 13.4. The number of halogens is 5. The van der Waals surface area contributed by atoms with Gasteiger partial charge in [0, 0.05) is 18.7 Å². The molecule has 2 atom stereocenters. The molecule has 2 saturated heterocycles. The van der Waals surface area contributed by atoms with E-state index < -0.39 is 18.3 Å². The molecule has 0 spiro atoms. The molecule has 4 rings (SSSR count). The molecule has 1 aromatic heterocycles. The number of hydrogen-bond donors (Lipinski definition) is 2. The molecule has 0 aliphatic carbocycles. The van der Waals surface area contributed by atoms with Crippen LogP contribution in [0.3, 0.4) is 0 Å². The minimum Gasteiger partial charge on any atom is -0.484 e.